The summed E-state index contributed by atoms with van der Waals surface area (Å²) in [5.41, 5.74) is 2.17. The zero-order valence-electron chi connectivity index (χ0n) is 16.6. The molecule has 0 radical (unpaired) electrons. The van der Waals surface area contributed by atoms with Crippen molar-refractivity contribution in [1.82, 2.24) is 5.32 Å². The first-order valence-electron chi connectivity index (χ1n) is 10.1. The fourth-order valence-electron chi connectivity index (χ4n) is 3.98. The van der Waals surface area contributed by atoms with Gasteiger partial charge in [-0.25, -0.2) is 0 Å². The Bertz CT molecular complexity index is 888. The van der Waals surface area contributed by atoms with Crippen LogP contribution in [0, 0.1) is 5.92 Å². The number of carbonyl (C=O) groups is 2. The molecule has 0 unspecified atom stereocenters. The lowest BCUT2D eigenvalue weighted by molar-refractivity contribution is -0.127. The van der Waals surface area contributed by atoms with Crippen LogP contribution < -0.4 is 20.1 Å². The number of anilines is 1. The number of methoxy groups -OCH3 is 1. The van der Waals surface area contributed by atoms with E-state index in [1.165, 1.54) is 12.8 Å². The number of ether oxygens (including phenoxy) is 2. The predicted octanol–water partition coefficient (Wildman–Crippen LogP) is 3.56. The number of nitrogens with one attached hydrogen (secondary N) is 2. The Kier molecular flexibility index (Phi) is 5.69. The molecule has 1 saturated carbocycles. The van der Waals surface area contributed by atoms with Gasteiger partial charge in [-0.2, -0.15) is 0 Å². The summed E-state index contributed by atoms with van der Waals surface area (Å²) in [6.45, 7) is 0.392. The highest BCUT2D eigenvalue weighted by molar-refractivity contribution is 6.04. The molecule has 0 spiro atoms. The monoisotopic (exact) mass is 394 g/mol. The second-order valence-electron chi connectivity index (χ2n) is 7.71. The van der Waals surface area contributed by atoms with Crippen molar-refractivity contribution < 1.29 is 19.1 Å². The van der Waals surface area contributed by atoms with Crippen LogP contribution in [0.15, 0.2) is 42.5 Å². The molecule has 29 heavy (non-hydrogen) atoms. The van der Waals surface area contributed by atoms with Crippen molar-refractivity contribution in [2.75, 3.05) is 19.0 Å². The van der Waals surface area contributed by atoms with E-state index in [0.717, 1.165) is 24.2 Å². The normalized spacial score (nSPS) is 18.4. The van der Waals surface area contributed by atoms with Crippen molar-refractivity contribution in [2.45, 2.75) is 38.1 Å². The van der Waals surface area contributed by atoms with E-state index < -0.39 is 0 Å². The molecular formula is C23H26N2O4. The second kappa shape index (κ2) is 8.55. The highest BCUT2D eigenvalue weighted by atomic mass is 16.5. The maximum absolute atomic E-state index is 12.6. The van der Waals surface area contributed by atoms with E-state index in [4.69, 9.17) is 9.47 Å². The van der Waals surface area contributed by atoms with Gasteiger partial charge in [0, 0.05) is 17.3 Å². The van der Waals surface area contributed by atoms with Crippen LogP contribution in [0.2, 0.25) is 0 Å². The molecule has 1 aliphatic carbocycles. The standard InChI is InChI=1S/C23H26N2O4/c1-28-20-9-6-15(7-10-20)22(26)25-19-8-11-21-16(13-19)12-17(14-29-21)23(27)24-18-4-2-3-5-18/h6-11,13,17-18H,2-5,12,14H2,1H3,(H,24,27)(H,25,26)/t17-/m0/s1. The van der Waals surface area contributed by atoms with Crippen LogP contribution >= 0.6 is 0 Å². The van der Waals surface area contributed by atoms with Gasteiger partial charge in [0.1, 0.15) is 18.1 Å². The lowest BCUT2D eigenvalue weighted by Crippen LogP contribution is -2.41. The van der Waals surface area contributed by atoms with Crippen LogP contribution in [0.5, 0.6) is 11.5 Å². The Morgan fingerprint density at radius 1 is 1.07 bits per heavy atom. The van der Waals surface area contributed by atoms with Gasteiger partial charge in [-0.3, -0.25) is 9.59 Å². The van der Waals surface area contributed by atoms with Gasteiger partial charge < -0.3 is 20.1 Å². The molecular weight excluding hydrogens is 368 g/mol. The highest BCUT2D eigenvalue weighted by Crippen LogP contribution is 2.30. The summed E-state index contributed by atoms with van der Waals surface area (Å²) in [5, 5.41) is 6.07. The Hall–Kier alpha value is -3.02. The van der Waals surface area contributed by atoms with Gasteiger partial charge in [0.05, 0.1) is 13.0 Å². The van der Waals surface area contributed by atoms with E-state index in [-0.39, 0.29) is 17.7 Å². The van der Waals surface area contributed by atoms with Gasteiger partial charge in [0.25, 0.3) is 5.91 Å². The van der Waals surface area contributed by atoms with Crippen LogP contribution in [-0.2, 0) is 11.2 Å². The molecule has 2 aromatic carbocycles. The Morgan fingerprint density at radius 2 is 1.83 bits per heavy atom. The molecule has 0 bridgehead atoms. The lowest BCUT2D eigenvalue weighted by Gasteiger charge is -2.26. The van der Waals surface area contributed by atoms with Crippen molar-refractivity contribution in [3.8, 4) is 11.5 Å². The third kappa shape index (κ3) is 4.53. The summed E-state index contributed by atoms with van der Waals surface area (Å²) in [6, 6.07) is 12.8. The summed E-state index contributed by atoms with van der Waals surface area (Å²) in [4.78, 5) is 25.1. The van der Waals surface area contributed by atoms with Crippen molar-refractivity contribution >= 4 is 17.5 Å². The lowest BCUT2D eigenvalue weighted by atomic mass is 9.95. The number of amides is 2. The topological polar surface area (TPSA) is 76.7 Å². The smallest absolute Gasteiger partial charge is 0.255 e. The largest absolute Gasteiger partial charge is 0.497 e. The molecule has 1 heterocycles. The van der Waals surface area contributed by atoms with Crippen molar-refractivity contribution in [3.05, 3.63) is 53.6 Å². The number of fused-ring (bicyclic) bond motifs is 1. The van der Waals surface area contributed by atoms with E-state index in [1.807, 2.05) is 18.2 Å². The maximum atomic E-state index is 12.6. The molecule has 2 aliphatic rings. The molecule has 2 amide bonds. The first-order chi connectivity index (χ1) is 14.1. The molecule has 1 aliphatic heterocycles. The van der Waals surface area contributed by atoms with Crippen LogP contribution in [-0.4, -0.2) is 31.6 Å². The van der Waals surface area contributed by atoms with E-state index in [1.54, 1.807) is 31.4 Å². The average molecular weight is 394 g/mol. The average Bonchev–Trinajstić information content (AvgIpc) is 3.26. The SMILES string of the molecule is COc1ccc(C(=O)Nc2ccc3c(c2)C[C@H](C(=O)NC2CCCC2)CO3)cc1. The van der Waals surface area contributed by atoms with Gasteiger partial charge in [-0.15, -0.1) is 0 Å². The summed E-state index contributed by atoms with van der Waals surface area (Å²) in [7, 11) is 1.59. The minimum Gasteiger partial charge on any atom is -0.497 e. The van der Waals surface area contributed by atoms with Gasteiger partial charge in [-0.05, 0) is 67.3 Å². The number of carbonyl (C=O) groups excluding carboxylic acids is 2. The number of rotatable bonds is 5. The minimum absolute atomic E-state index is 0.0650. The molecule has 1 atom stereocenters. The summed E-state index contributed by atoms with van der Waals surface area (Å²) in [6.07, 6.45) is 5.12. The van der Waals surface area contributed by atoms with E-state index in [2.05, 4.69) is 10.6 Å². The van der Waals surface area contributed by atoms with Crippen LogP contribution in [0.25, 0.3) is 0 Å². The van der Waals surface area contributed by atoms with Gasteiger partial charge >= 0.3 is 0 Å². The molecule has 0 saturated heterocycles. The first-order valence-corrected chi connectivity index (χ1v) is 10.1. The van der Waals surface area contributed by atoms with Gasteiger partial charge in [0.15, 0.2) is 0 Å². The van der Waals surface area contributed by atoms with E-state index in [0.29, 0.717) is 36.1 Å². The van der Waals surface area contributed by atoms with Gasteiger partial charge in [-0.1, -0.05) is 12.8 Å². The molecule has 6 nitrogen and oxygen atoms in total. The Morgan fingerprint density at radius 3 is 2.55 bits per heavy atom. The Balaban J connectivity index is 1.41. The zero-order valence-corrected chi connectivity index (χ0v) is 16.6. The van der Waals surface area contributed by atoms with Gasteiger partial charge in [0.2, 0.25) is 5.91 Å². The second-order valence-corrected chi connectivity index (χ2v) is 7.71. The fraction of sp³-hybridized carbons (Fsp3) is 0.391. The van der Waals surface area contributed by atoms with E-state index >= 15 is 0 Å². The van der Waals surface area contributed by atoms with Crippen molar-refractivity contribution in [2.24, 2.45) is 5.92 Å². The fourth-order valence-corrected chi connectivity index (χ4v) is 3.98. The molecule has 4 rings (SSSR count). The molecule has 0 aromatic heterocycles. The first kappa shape index (κ1) is 19.3. The quantitative estimate of drug-likeness (QED) is 0.813. The molecule has 2 aromatic rings. The summed E-state index contributed by atoms with van der Waals surface area (Å²) in [5.74, 6) is 1.15. The summed E-state index contributed by atoms with van der Waals surface area (Å²) < 4.78 is 10.9. The van der Waals surface area contributed by atoms with Crippen LogP contribution in [0.3, 0.4) is 0 Å². The summed E-state index contributed by atoms with van der Waals surface area (Å²) >= 11 is 0. The third-order valence-electron chi connectivity index (χ3n) is 5.65. The van der Waals surface area contributed by atoms with Crippen LogP contribution in [0.4, 0.5) is 5.69 Å². The van der Waals surface area contributed by atoms with Crippen molar-refractivity contribution in [3.63, 3.8) is 0 Å². The molecule has 2 N–H and O–H groups in total. The van der Waals surface area contributed by atoms with Crippen molar-refractivity contribution in [1.29, 1.82) is 0 Å². The molecule has 152 valence electrons. The number of hydrogen-bond donors (Lipinski definition) is 2. The maximum Gasteiger partial charge on any atom is 0.255 e. The predicted molar refractivity (Wildman–Crippen MR) is 110 cm³/mol. The molecule has 1 fully saturated rings. The third-order valence-corrected chi connectivity index (χ3v) is 5.65. The highest BCUT2D eigenvalue weighted by Gasteiger charge is 2.28. The Labute approximate surface area is 170 Å². The minimum atomic E-state index is -0.198. The van der Waals surface area contributed by atoms with E-state index in [9.17, 15) is 9.59 Å². The van der Waals surface area contributed by atoms with Crippen LogP contribution in [0.1, 0.15) is 41.6 Å². The zero-order chi connectivity index (χ0) is 20.2. The number of benzene rings is 2. The molecule has 6 heteroatoms. The number of hydrogen-bond acceptors (Lipinski definition) is 4.